The molecule has 2 aliphatic rings. The normalized spacial score (nSPS) is 19.4. The van der Waals surface area contributed by atoms with Crippen LogP contribution >= 0.6 is 0 Å². The second kappa shape index (κ2) is 11.4. The van der Waals surface area contributed by atoms with Crippen molar-refractivity contribution in [3.8, 4) is 0 Å². The van der Waals surface area contributed by atoms with Gasteiger partial charge in [-0.3, -0.25) is 4.90 Å². The highest BCUT2D eigenvalue weighted by Gasteiger charge is 2.40. The number of fused-ring (bicyclic) bond motifs is 1. The summed E-state index contributed by atoms with van der Waals surface area (Å²) in [6.07, 6.45) is 2.74. The molecule has 6 rings (SSSR count). The van der Waals surface area contributed by atoms with Crippen LogP contribution in [0.4, 0.5) is 27.5 Å². The van der Waals surface area contributed by atoms with Crippen LogP contribution in [0.15, 0.2) is 83.9 Å². The van der Waals surface area contributed by atoms with Crippen molar-refractivity contribution in [2.24, 2.45) is 0 Å². The zero-order chi connectivity index (χ0) is 29.3. The molecule has 0 saturated carbocycles. The fourth-order valence-corrected chi connectivity index (χ4v) is 7.24. The molecule has 3 aromatic carbocycles. The lowest BCUT2D eigenvalue weighted by molar-refractivity contribution is -0.0359. The number of hydrogen-bond donors (Lipinski definition) is 3. The van der Waals surface area contributed by atoms with Gasteiger partial charge in [-0.2, -0.15) is 9.29 Å². The minimum Gasteiger partial charge on any atom is -0.387 e. The zero-order valence-electron chi connectivity index (χ0n) is 23.3. The van der Waals surface area contributed by atoms with Crippen molar-refractivity contribution in [2.75, 3.05) is 30.3 Å². The Kier molecular flexibility index (Phi) is 7.67. The average molecular weight is 589 g/mol. The molecule has 1 unspecified atom stereocenters. The molecule has 0 bridgehead atoms. The summed E-state index contributed by atoms with van der Waals surface area (Å²) < 4.78 is 42.1. The maximum absolute atomic E-state index is 13.6. The number of sulfonamides is 1. The molecule has 0 aliphatic carbocycles. The van der Waals surface area contributed by atoms with Crippen molar-refractivity contribution in [3.63, 3.8) is 0 Å². The average Bonchev–Trinajstić information content (AvgIpc) is 3.37. The predicted octanol–water partition coefficient (Wildman–Crippen LogP) is 4.94. The van der Waals surface area contributed by atoms with Crippen LogP contribution in [0.3, 0.4) is 0 Å². The standard InChI is InChI=1S/C31H33FN6O3S/c1-22-17-26(9-12-28(22)32)34-29-13-15-33-30(36-29)35-25-7-10-27(11-8-25)42(40,41)38-16-4-14-31(39,21-38)20-37-18-23-5-2-3-6-24(23)19-37/h2-3,5-13,15,17,39H,4,14,16,18-21H2,1H3,(H2,33,34,35,36). The summed E-state index contributed by atoms with van der Waals surface area (Å²) in [5.41, 5.74) is 3.24. The number of β-amino-alcohol motifs (C(OH)–C–C–N with tert-alkyl or cyclic N) is 1. The van der Waals surface area contributed by atoms with E-state index in [4.69, 9.17) is 0 Å². The third-order valence-corrected chi connectivity index (χ3v) is 9.64. The molecular formula is C31H33FN6O3S. The van der Waals surface area contributed by atoms with E-state index in [1.807, 2.05) is 12.1 Å². The molecule has 0 amide bonds. The van der Waals surface area contributed by atoms with Crippen LogP contribution < -0.4 is 10.6 Å². The molecule has 0 spiro atoms. The third kappa shape index (κ3) is 6.14. The van der Waals surface area contributed by atoms with Crippen molar-refractivity contribution >= 4 is 33.2 Å². The van der Waals surface area contributed by atoms with Crippen molar-refractivity contribution in [1.82, 2.24) is 19.2 Å². The van der Waals surface area contributed by atoms with Crippen LogP contribution in [0, 0.1) is 12.7 Å². The maximum Gasteiger partial charge on any atom is 0.243 e. The Labute approximate surface area is 245 Å². The van der Waals surface area contributed by atoms with Gasteiger partial charge < -0.3 is 15.7 Å². The number of aliphatic hydroxyl groups is 1. The lowest BCUT2D eigenvalue weighted by Crippen LogP contribution is -2.54. The number of halogens is 1. The molecule has 1 atom stereocenters. The molecule has 4 aromatic rings. The van der Waals surface area contributed by atoms with E-state index in [2.05, 4.69) is 37.6 Å². The number of benzene rings is 3. The van der Waals surface area contributed by atoms with E-state index in [9.17, 15) is 17.9 Å². The highest BCUT2D eigenvalue weighted by atomic mass is 32.2. The molecule has 0 radical (unpaired) electrons. The van der Waals surface area contributed by atoms with Gasteiger partial charge in [0.2, 0.25) is 16.0 Å². The molecule has 2 aliphatic heterocycles. The van der Waals surface area contributed by atoms with Crippen LogP contribution in [0.1, 0.15) is 29.5 Å². The largest absolute Gasteiger partial charge is 0.387 e. The Hall–Kier alpha value is -3.90. The van der Waals surface area contributed by atoms with E-state index in [-0.39, 0.29) is 17.3 Å². The Morgan fingerprint density at radius 3 is 2.40 bits per heavy atom. The van der Waals surface area contributed by atoms with Gasteiger partial charge in [0.05, 0.1) is 10.5 Å². The van der Waals surface area contributed by atoms with Gasteiger partial charge in [-0.15, -0.1) is 0 Å². The number of nitrogens with zero attached hydrogens (tertiary/aromatic N) is 4. The minimum absolute atomic E-state index is 0.0589. The molecular weight excluding hydrogens is 555 g/mol. The summed E-state index contributed by atoms with van der Waals surface area (Å²) in [4.78, 5) is 11.0. The first-order valence-electron chi connectivity index (χ1n) is 13.9. The molecule has 1 saturated heterocycles. The molecule has 3 N–H and O–H groups in total. The number of nitrogens with one attached hydrogen (secondary N) is 2. The first kappa shape index (κ1) is 28.2. The van der Waals surface area contributed by atoms with Gasteiger partial charge in [0.15, 0.2) is 0 Å². The van der Waals surface area contributed by atoms with Gasteiger partial charge >= 0.3 is 0 Å². The molecule has 11 heteroatoms. The topological polar surface area (TPSA) is 111 Å². The summed E-state index contributed by atoms with van der Waals surface area (Å²) in [6, 6.07) is 21.1. The molecule has 42 heavy (non-hydrogen) atoms. The van der Waals surface area contributed by atoms with Crippen LogP contribution in [-0.2, 0) is 23.1 Å². The quantitative estimate of drug-likeness (QED) is 0.266. The number of anilines is 4. The summed E-state index contributed by atoms with van der Waals surface area (Å²) in [6.45, 7) is 4.06. The van der Waals surface area contributed by atoms with Gasteiger partial charge in [0.1, 0.15) is 11.6 Å². The van der Waals surface area contributed by atoms with Gasteiger partial charge in [-0.1, -0.05) is 24.3 Å². The Morgan fingerprint density at radius 1 is 0.976 bits per heavy atom. The SMILES string of the molecule is Cc1cc(Nc2ccnc(Nc3ccc(S(=O)(=O)N4CCCC(O)(CN5Cc6ccccc6C5)C4)cc3)n2)ccc1F. The predicted molar refractivity (Wildman–Crippen MR) is 160 cm³/mol. The van der Waals surface area contributed by atoms with Gasteiger partial charge in [0.25, 0.3) is 0 Å². The van der Waals surface area contributed by atoms with E-state index in [0.29, 0.717) is 54.6 Å². The molecule has 9 nitrogen and oxygen atoms in total. The lowest BCUT2D eigenvalue weighted by Gasteiger charge is -2.40. The van der Waals surface area contributed by atoms with E-state index < -0.39 is 15.6 Å². The Balaban J connectivity index is 1.10. The van der Waals surface area contributed by atoms with Crippen LogP contribution in [0.25, 0.3) is 0 Å². The first-order valence-corrected chi connectivity index (χ1v) is 15.4. The highest BCUT2D eigenvalue weighted by molar-refractivity contribution is 7.89. The first-order chi connectivity index (χ1) is 20.2. The maximum atomic E-state index is 13.6. The van der Waals surface area contributed by atoms with E-state index in [1.54, 1.807) is 55.6 Å². The number of rotatable bonds is 8. The lowest BCUT2D eigenvalue weighted by atomic mass is 9.93. The molecule has 3 heterocycles. The van der Waals surface area contributed by atoms with Crippen molar-refractivity contribution < 1.29 is 17.9 Å². The van der Waals surface area contributed by atoms with Crippen LogP contribution in [-0.4, -0.2) is 57.9 Å². The Morgan fingerprint density at radius 2 is 1.69 bits per heavy atom. The molecule has 218 valence electrons. The van der Waals surface area contributed by atoms with Crippen molar-refractivity contribution in [2.45, 2.75) is 43.4 Å². The third-order valence-electron chi connectivity index (χ3n) is 7.78. The van der Waals surface area contributed by atoms with Crippen molar-refractivity contribution in [3.05, 3.63) is 102 Å². The zero-order valence-corrected chi connectivity index (χ0v) is 24.1. The monoisotopic (exact) mass is 588 g/mol. The minimum atomic E-state index is -3.80. The summed E-state index contributed by atoms with van der Waals surface area (Å²) in [5.74, 6) is 0.563. The number of hydrogen-bond acceptors (Lipinski definition) is 8. The van der Waals surface area contributed by atoms with Gasteiger partial charge in [-0.25, -0.2) is 17.8 Å². The smallest absolute Gasteiger partial charge is 0.243 e. The number of piperidine rings is 1. The van der Waals surface area contributed by atoms with Crippen molar-refractivity contribution in [1.29, 1.82) is 0 Å². The van der Waals surface area contributed by atoms with Crippen LogP contribution in [0.5, 0.6) is 0 Å². The van der Waals surface area contributed by atoms with Gasteiger partial charge in [0, 0.05) is 50.3 Å². The molecule has 1 fully saturated rings. The number of aryl methyl sites for hydroxylation is 1. The van der Waals surface area contributed by atoms with Gasteiger partial charge in [-0.05, 0) is 85.0 Å². The van der Waals surface area contributed by atoms with E-state index in [1.165, 1.54) is 21.5 Å². The second-order valence-electron chi connectivity index (χ2n) is 11.1. The summed E-state index contributed by atoms with van der Waals surface area (Å²) in [7, 11) is -3.80. The summed E-state index contributed by atoms with van der Waals surface area (Å²) in [5, 5.41) is 17.7. The fraction of sp³-hybridized carbons (Fsp3) is 0.290. The van der Waals surface area contributed by atoms with Crippen LogP contribution in [0.2, 0.25) is 0 Å². The molecule has 1 aromatic heterocycles. The van der Waals surface area contributed by atoms with E-state index in [0.717, 1.165) is 13.1 Å². The number of aromatic nitrogens is 2. The summed E-state index contributed by atoms with van der Waals surface area (Å²) >= 11 is 0. The highest BCUT2D eigenvalue weighted by Crippen LogP contribution is 2.31. The Bertz CT molecular complexity index is 1680. The fourth-order valence-electron chi connectivity index (χ4n) is 5.68. The second-order valence-corrected chi connectivity index (χ2v) is 13.0. The van der Waals surface area contributed by atoms with E-state index >= 15 is 0 Å².